The van der Waals surface area contributed by atoms with E-state index < -0.39 is 5.91 Å². The van der Waals surface area contributed by atoms with Crippen LogP contribution in [0.1, 0.15) is 15.9 Å². The van der Waals surface area contributed by atoms with Crippen LogP contribution in [0.15, 0.2) is 60.7 Å². The van der Waals surface area contributed by atoms with Crippen LogP contribution in [0.5, 0.6) is 11.5 Å². The van der Waals surface area contributed by atoms with Gasteiger partial charge in [-0.2, -0.15) is 0 Å². The Labute approximate surface area is 180 Å². The predicted molar refractivity (Wildman–Crippen MR) is 116 cm³/mol. The fourth-order valence-electron chi connectivity index (χ4n) is 3.59. The first-order valence-corrected chi connectivity index (χ1v) is 10.0. The zero-order valence-corrected chi connectivity index (χ0v) is 17.2. The molecular formula is C24H24N2O5. The number of hydrogen-bond donors (Lipinski definition) is 1. The summed E-state index contributed by atoms with van der Waals surface area (Å²) in [5.74, 6) is 0.0382. The zero-order chi connectivity index (χ0) is 21.8. The molecule has 1 fully saturated rings. The second-order valence-electron chi connectivity index (χ2n) is 7.40. The van der Waals surface area contributed by atoms with E-state index in [4.69, 9.17) is 19.9 Å². The smallest absolute Gasteiger partial charge is 0.255 e. The molecule has 2 amide bonds. The molecule has 0 aromatic heterocycles. The Morgan fingerprint density at radius 2 is 1.81 bits per heavy atom. The number of carbonyl (C=O) groups excluding carboxylic acids is 2. The third-order valence-electron chi connectivity index (χ3n) is 5.27. The maximum atomic E-state index is 12.8. The number of methoxy groups -OCH3 is 1. The van der Waals surface area contributed by atoms with Gasteiger partial charge in [-0.15, -0.1) is 0 Å². The molecule has 7 nitrogen and oxygen atoms in total. The van der Waals surface area contributed by atoms with Gasteiger partial charge in [-0.1, -0.05) is 42.5 Å². The summed E-state index contributed by atoms with van der Waals surface area (Å²) in [6, 6.07) is 19.2. The average Bonchev–Trinajstić information content (AvgIpc) is 2.76. The number of ether oxygens (including phenoxy) is 3. The van der Waals surface area contributed by atoms with Gasteiger partial charge in [-0.25, -0.2) is 0 Å². The highest BCUT2D eigenvalue weighted by atomic mass is 16.5. The molecule has 4 rings (SSSR count). The lowest BCUT2D eigenvalue weighted by atomic mass is 10.0. The van der Waals surface area contributed by atoms with Crippen molar-refractivity contribution in [3.8, 4) is 11.5 Å². The second kappa shape index (κ2) is 9.06. The van der Waals surface area contributed by atoms with Gasteiger partial charge in [0.25, 0.3) is 11.8 Å². The van der Waals surface area contributed by atoms with Crippen molar-refractivity contribution < 1.29 is 23.8 Å². The lowest BCUT2D eigenvalue weighted by molar-refractivity contribution is -0.119. The minimum Gasteiger partial charge on any atom is -0.493 e. The molecule has 1 aliphatic rings. The average molecular weight is 420 g/mol. The first kappa shape index (κ1) is 20.7. The summed E-state index contributed by atoms with van der Waals surface area (Å²) in [6.45, 7) is 1.32. The van der Waals surface area contributed by atoms with Gasteiger partial charge in [0.2, 0.25) is 0 Å². The number of nitrogens with zero attached hydrogens (tertiary/aromatic N) is 1. The normalized spacial score (nSPS) is 13.6. The Balaban J connectivity index is 1.33. The van der Waals surface area contributed by atoms with E-state index in [2.05, 4.69) is 24.3 Å². The van der Waals surface area contributed by atoms with Crippen molar-refractivity contribution in [3.05, 3.63) is 71.8 Å². The van der Waals surface area contributed by atoms with Crippen LogP contribution < -0.4 is 15.2 Å². The molecule has 7 heteroatoms. The number of primary amides is 1. The number of hydrogen-bond acceptors (Lipinski definition) is 5. The van der Waals surface area contributed by atoms with E-state index in [0.29, 0.717) is 36.8 Å². The van der Waals surface area contributed by atoms with Gasteiger partial charge in [0.1, 0.15) is 0 Å². The summed E-state index contributed by atoms with van der Waals surface area (Å²) in [4.78, 5) is 25.4. The Hall–Kier alpha value is -3.58. The Morgan fingerprint density at radius 1 is 1.03 bits per heavy atom. The van der Waals surface area contributed by atoms with E-state index in [-0.39, 0.29) is 18.6 Å². The third kappa shape index (κ3) is 4.62. The van der Waals surface area contributed by atoms with Gasteiger partial charge < -0.3 is 24.8 Å². The molecule has 0 unspecified atom stereocenters. The van der Waals surface area contributed by atoms with Gasteiger partial charge in [0, 0.05) is 18.7 Å². The molecule has 0 spiro atoms. The molecule has 2 N–H and O–H groups in total. The van der Waals surface area contributed by atoms with Crippen LogP contribution in [0.25, 0.3) is 10.8 Å². The van der Waals surface area contributed by atoms with Crippen LogP contribution in [0, 0.1) is 0 Å². The fourth-order valence-corrected chi connectivity index (χ4v) is 3.59. The summed E-state index contributed by atoms with van der Waals surface area (Å²) in [5.41, 5.74) is 6.72. The minimum atomic E-state index is -0.586. The van der Waals surface area contributed by atoms with Crippen LogP contribution in [0.4, 0.5) is 0 Å². The summed E-state index contributed by atoms with van der Waals surface area (Å²) in [5, 5.41) is 2.37. The molecule has 160 valence electrons. The maximum absolute atomic E-state index is 12.8. The number of benzene rings is 3. The van der Waals surface area contributed by atoms with Crippen molar-refractivity contribution in [2.45, 2.75) is 12.7 Å². The topological polar surface area (TPSA) is 91.1 Å². The fraction of sp³-hybridized carbons (Fsp3) is 0.250. The molecule has 0 atom stereocenters. The monoisotopic (exact) mass is 420 g/mol. The largest absolute Gasteiger partial charge is 0.493 e. The van der Waals surface area contributed by atoms with E-state index in [1.54, 1.807) is 23.1 Å². The lowest BCUT2D eigenvalue weighted by Crippen LogP contribution is -2.54. The number of fused-ring (bicyclic) bond motifs is 1. The molecule has 31 heavy (non-hydrogen) atoms. The van der Waals surface area contributed by atoms with Crippen molar-refractivity contribution in [2.24, 2.45) is 5.73 Å². The quantitative estimate of drug-likeness (QED) is 0.605. The first-order chi connectivity index (χ1) is 15.0. The van der Waals surface area contributed by atoms with Crippen molar-refractivity contribution in [1.29, 1.82) is 0 Å². The van der Waals surface area contributed by atoms with Crippen LogP contribution in [-0.2, 0) is 16.1 Å². The molecule has 1 heterocycles. The van der Waals surface area contributed by atoms with E-state index in [9.17, 15) is 9.59 Å². The van der Waals surface area contributed by atoms with Crippen molar-refractivity contribution in [3.63, 3.8) is 0 Å². The predicted octanol–water partition coefficient (Wildman–Crippen LogP) is 2.75. The van der Waals surface area contributed by atoms with Crippen molar-refractivity contribution in [2.75, 3.05) is 26.8 Å². The Morgan fingerprint density at radius 3 is 2.58 bits per heavy atom. The van der Waals surface area contributed by atoms with Gasteiger partial charge in [0.05, 0.1) is 19.8 Å². The number of nitrogens with two attached hydrogens (primary N) is 1. The third-order valence-corrected chi connectivity index (χ3v) is 5.27. The van der Waals surface area contributed by atoms with E-state index in [0.717, 1.165) is 5.56 Å². The number of amides is 2. The van der Waals surface area contributed by atoms with Crippen LogP contribution >= 0.6 is 0 Å². The Bertz CT molecular complexity index is 1100. The molecule has 3 aromatic carbocycles. The highest BCUT2D eigenvalue weighted by molar-refractivity contribution is 5.95. The summed E-state index contributed by atoms with van der Waals surface area (Å²) in [6.07, 6.45) is 0.00277. The zero-order valence-electron chi connectivity index (χ0n) is 17.2. The van der Waals surface area contributed by atoms with Crippen molar-refractivity contribution >= 4 is 22.6 Å². The number of likely N-dealkylation sites (tertiary alicyclic amines) is 1. The van der Waals surface area contributed by atoms with Gasteiger partial charge in [-0.3, -0.25) is 9.59 Å². The Kier molecular flexibility index (Phi) is 6.04. The van der Waals surface area contributed by atoms with Crippen LogP contribution in [0.3, 0.4) is 0 Å². The molecule has 3 aromatic rings. The van der Waals surface area contributed by atoms with E-state index in [1.165, 1.54) is 17.9 Å². The van der Waals surface area contributed by atoms with Crippen LogP contribution in [0.2, 0.25) is 0 Å². The molecule has 0 bridgehead atoms. The van der Waals surface area contributed by atoms with Crippen molar-refractivity contribution in [1.82, 2.24) is 4.90 Å². The van der Waals surface area contributed by atoms with Gasteiger partial charge >= 0.3 is 0 Å². The first-order valence-electron chi connectivity index (χ1n) is 10.0. The molecule has 0 saturated carbocycles. The van der Waals surface area contributed by atoms with Crippen LogP contribution in [-0.4, -0.2) is 49.6 Å². The highest BCUT2D eigenvalue weighted by Crippen LogP contribution is 2.29. The molecule has 1 saturated heterocycles. The minimum absolute atomic E-state index is 0.00277. The summed E-state index contributed by atoms with van der Waals surface area (Å²) >= 11 is 0. The SMILES string of the molecule is COc1cc(C(=O)N2CC(OCc3cccc4ccccc34)C2)ccc1OCC(N)=O. The maximum Gasteiger partial charge on any atom is 0.255 e. The van der Waals surface area contributed by atoms with Gasteiger partial charge in [0.15, 0.2) is 18.1 Å². The summed E-state index contributed by atoms with van der Waals surface area (Å²) in [7, 11) is 1.47. The lowest BCUT2D eigenvalue weighted by Gasteiger charge is -2.39. The van der Waals surface area contributed by atoms with Gasteiger partial charge in [-0.05, 0) is 34.5 Å². The standard InChI is InChI=1S/C24H24N2O5/c1-29-22-11-17(9-10-21(22)31-15-23(25)27)24(28)26-12-19(13-26)30-14-18-7-4-6-16-5-2-3-8-20(16)18/h2-11,19H,12-15H2,1H3,(H2,25,27). The molecule has 0 radical (unpaired) electrons. The van der Waals surface area contributed by atoms with E-state index >= 15 is 0 Å². The molecular weight excluding hydrogens is 396 g/mol. The highest BCUT2D eigenvalue weighted by Gasteiger charge is 2.32. The number of carbonyl (C=O) groups is 2. The summed E-state index contributed by atoms with van der Waals surface area (Å²) < 4.78 is 16.6. The number of rotatable bonds is 8. The molecule has 0 aliphatic carbocycles. The second-order valence-corrected chi connectivity index (χ2v) is 7.40. The van der Waals surface area contributed by atoms with E-state index in [1.807, 2.05) is 18.2 Å². The molecule has 1 aliphatic heterocycles.